The van der Waals surface area contributed by atoms with Crippen LogP contribution in [0.4, 0.5) is 0 Å². The minimum absolute atomic E-state index is 0.552. The summed E-state index contributed by atoms with van der Waals surface area (Å²) in [4.78, 5) is 15.4. The van der Waals surface area contributed by atoms with Crippen molar-refractivity contribution in [3.05, 3.63) is 231 Å². The van der Waals surface area contributed by atoms with Gasteiger partial charge in [-0.1, -0.05) is 176 Å². The number of aromatic nitrogens is 4. The van der Waals surface area contributed by atoms with Crippen molar-refractivity contribution in [1.82, 2.24) is 19.5 Å². The molecule has 0 aliphatic heterocycles. The SMILES string of the molecule is c1ccc(-c2ccc(-c3nc(-c4ccccc4)nc(-c4cc(-c5ccc6oc7c(-n8c9ccccc9c9cc(-c%10ccccc%10)ccc98)cccc7c6c5)c5c(c4)oc4ccccc45)n3)cc2)cc1. The molecule has 0 atom stereocenters. The third-order valence-corrected chi connectivity index (χ3v) is 13.5. The molecule has 0 aliphatic rings. The van der Waals surface area contributed by atoms with Gasteiger partial charge in [0.25, 0.3) is 0 Å². The standard InChI is InChI=1S/C63H38N4O2/c1-4-15-39(16-5-1)41-27-29-43(30-28-41)62-64-61(42-19-8-3-9-20-42)65-63(66-62)46-37-50(59-49-22-11-13-26-56(49)68-58(59)38-46)45-32-34-57-52(36-45)48-23-14-25-55(60(48)69-57)67-53-24-12-10-21-47(53)51-35-44(31-33-54(51)67)40-17-6-2-7-18-40/h1-38H. The fourth-order valence-electron chi connectivity index (χ4n) is 10.2. The Balaban J connectivity index is 0.941. The second-order valence-corrected chi connectivity index (χ2v) is 17.5. The minimum Gasteiger partial charge on any atom is -0.456 e. The molecule has 69 heavy (non-hydrogen) atoms. The fraction of sp³-hybridized carbons (Fsp3) is 0. The molecule has 4 aromatic heterocycles. The molecule has 0 bridgehead atoms. The molecule has 0 aliphatic carbocycles. The largest absolute Gasteiger partial charge is 0.456 e. The van der Waals surface area contributed by atoms with Crippen molar-refractivity contribution in [2.75, 3.05) is 0 Å². The van der Waals surface area contributed by atoms with Gasteiger partial charge in [0.05, 0.1) is 16.7 Å². The van der Waals surface area contributed by atoms with Crippen molar-refractivity contribution in [2.24, 2.45) is 0 Å². The zero-order chi connectivity index (χ0) is 45.4. The summed E-state index contributed by atoms with van der Waals surface area (Å²) < 4.78 is 15.9. The summed E-state index contributed by atoms with van der Waals surface area (Å²) >= 11 is 0. The molecule has 6 nitrogen and oxygen atoms in total. The van der Waals surface area contributed by atoms with Crippen molar-refractivity contribution in [3.63, 3.8) is 0 Å². The van der Waals surface area contributed by atoms with E-state index in [1.807, 2.05) is 48.5 Å². The lowest BCUT2D eigenvalue weighted by Gasteiger charge is -2.11. The first kappa shape index (κ1) is 38.8. The number of nitrogens with zero attached hydrogens (tertiary/aromatic N) is 4. The van der Waals surface area contributed by atoms with Crippen LogP contribution in [0, 0.1) is 0 Å². The molecule has 10 aromatic carbocycles. The van der Waals surface area contributed by atoms with Crippen molar-refractivity contribution in [2.45, 2.75) is 0 Å². The van der Waals surface area contributed by atoms with Crippen LogP contribution < -0.4 is 0 Å². The van der Waals surface area contributed by atoms with Crippen LogP contribution in [0.5, 0.6) is 0 Å². The van der Waals surface area contributed by atoms with E-state index < -0.39 is 0 Å². The van der Waals surface area contributed by atoms with E-state index in [9.17, 15) is 0 Å². The van der Waals surface area contributed by atoms with E-state index in [2.05, 4.69) is 187 Å². The zero-order valence-corrected chi connectivity index (χ0v) is 37.0. The Morgan fingerprint density at radius 2 is 0.812 bits per heavy atom. The predicted octanol–water partition coefficient (Wildman–Crippen LogP) is 16.8. The third-order valence-electron chi connectivity index (χ3n) is 13.5. The van der Waals surface area contributed by atoms with Crippen molar-refractivity contribution in [1.29, 1.82) is 0 Å². The zero-order valence-electron chi connectivity index (χ0n) is 37.0. The molecule has 14 aromatic rings. The van der Waals surface area contributed by atoms with Crippen LogP contribution in [0.15, 0.2) is 239 Å². The summed E-state index contributed by atoms with van der Waals surface area (Å²) in [6.07, 6.45) is 0. The number of rotatable bonds is 7. The van der Waals surface area contributed by atoms with Crippen molar-refractivity contribution >= 4 is 65.7 Å². The molecule has 0 N–H and O–H groups in total. The number of furan rings is 2. The van der Waals surface area contributed by atoms with Crippen molar-refractivity contribution < 1.29 is 8.83 Å². The average molecular weight is 883 g/mol. The number of hydrogen-bond donors (Lipinski definition) is 0. The Labute approximate surface area is 396 Å². The van der Waals surface area contributed by atoms with Crippen LogP contribution in [0.1, 0.15) is 0 Å². The minimum atomic E-state index is 0.552. The van der Waals surface area contributed by atoms with Gasteiger partial charge >= 0.3 is 0 Å². The number of para-hydroxylation sites is 3. The molecule has 0 saturated carbocycles. The Morgan fingerprint density at radius 3 is 1.57 bits per heavy atom. The average Bonchev–Trinajstić information content (AvgIpc) is 4.10. The fourth-order valence-corrected chi connectivity index (χ4v) is 10.2. The van der Waals surface area contributed by atoms with Crippen LogP contribution in [-0.4, -0.2) is 19.5 Å². The Kier molecular flexibility index (Phi) is 8.79. The van der Waals surface area contributed by atoms with Crippen LogP contribution in [0.2, 0.25) is 0 Å². The molecular formula is C63H38N4O2. The molecule has 0 fully saturated rings. The summed E-state index contributed by atoms with van der Waals surface area (Å²) in [5.74, 6) is 1.73. The van der Waals surface area contributed by atoms with E-state index in [1.54, 1.807) is 0 Å². The van der Waals surface area contributed by atoms with Gasteiger partial charge in [-0.2, -0.15) is 0 Å². The van der Waals surface area contributed by atoms with E-state index in [1.165, 1.54) is 21.9 Å². The Bertz CT molecular complexity index is 4290. The first-order valence-corrected chi connectivity index (χ1v) is 23.2. The first-order valence-electron chi connectivity index (χ1n) is 23.2. The first-order chi connectivity index (χ1) is 34.2. The molecule has 14 rings (SSSR count). The highest BCUT2D eigenvalue weighted by molar-refractivity contribution is 6.16. The molecule has 4 heterocycles. The monoisotopic (exact) mass is 882 g/mol. The van der Waals surface area contributed by atoms with Crippen molar-refractivity contribution in [3.8, 4) is 73.2 Å². The highest BCUT2D eigenvalue weighted by atomic mass is 16.3. The number of hydrogen-bond acceptors (Lipinski definition) is 5. The maximum absolute atomic E-state index is 6.90. The van der Waals surface area contributed by atoms with Gasteiger partial charge in [0, 0.05) is 49.0 Å². The predicted molar refractivity (Wildman–Crippen MR) is 281 cm³/mol. The van der Waals surface area contributed by atoms with Gasteiger partial charge in [-0.25, -0.2) is 15.0 Å². The lowest BCUT2D eigenvalue weighted by molar-refractivity contribution is 0.666. The van der Waals surface area contributed by atoms with E-state index in [0.29, 0.717) is 17.5 Å². The molecule has 0 spiro atoms. The third kappa shape index (κ3) is 6.45. The highest BCUT2D eigenvalue weighted by Crippen LogP contribution is 2.44. The van der Waals surface area contributed by atoms with Gasteiger partial charge in [-0.3, -0.25) is 0 Å². The quantitative estimate of drug-likeness (QED) is 0.159. The van der Waals surface area contributed by atoms with E-state index in [-0.39, 0.29) is 0 Å². The summed E-state index contributed by atoms with van der Waals surface area (Å²) in [6, 6.07) is 80.3. The second kappa shape index (κ2) is 15.6. The molecule has 322 valence electrons. The molecule has 6 heteroatoms. The lowest BCUT2D eigenvalue weighted by atomic mass is 9.95. The van der Waals surface area contributed by atoms with Gasteiger partial charge < -0.3 is 13.4 Å². The van der Waals surface area contributed by atoms with E-state index in [4.69, 9.17) is 23.8 Å². The van der Waals surface area contributed by atoms with Crippen LogP contribution in [0.25, 0.3) is 139 Å². The topological polar surface area (TPSA) is 69.9 Å². The number of fused-ring (bicyclic) bond motifs is 9. The summed E-state index contributed by atoms with van der Waals surface area (Å²) in [5, 5.41) is 6.51. The second-order valence-electron chi connectivity index (χ2n) is 17.5. The summed E-state index contributed by atoms with van der Waals surface area (Å²) in [7, 11) is 0. The lowest BCUT2D eigenvalue weighted by Crippen LogP contribution is -2.00. The highest BCUT2D eigenvalue weighted by Gasteiger charge is 2.22. The summed E-state index contributed by atoms with van der Waals surface area (Å²) in [6.45, 7) is 0. The van der Waals surface area contributed by atoms with Crippen LogP contribution in [0.3, 0.4) is 0 Å². The molecule has 0 amide bonds. The number of benzene rings is 10. The smallest absolute Gasteiger partial charge is 0.164 e. The van der Waals surface area contributed by atoms with Gasteiger partial charge in [0.1, 0.15) is 16.7 Å². The van der Waals surface area contributed by atoms with Crippen LogP contribution >= 0.6 is 0 Å². The van der Waals surface area contributed by atoms with E-state index >= 15 is 0 Å². The van der Waals surface area contributed by atoms with Gasteiger partial charge in [0.15, 0.2) is 23.1 Å². The molecule has 0 unspecified atom stereocenters. The normalized spacial score (nSPS) is 11.8. The maximum Gasteiger partial charge on any atom is 0.164 e. The molecule has 0 radical (unpaired) electrons. The summed E-state index contributed by atoms with van der Waals surface area (Å²) in [5.41, 5.74) is 15.7. The van der Waals surface area contributed by atoms with Gasteiger partial charge in [0.2, 0.25) is 0 Å². The Morgan fingerprint density at radius 1 is 0.290 bits per heavy atom. The Hall–Kier alpha value is -9.39. The van der Waals surface area contributed by atoms with E-state index in [0.717, 1.165) is 99.5 Å². The van der Waals surface area contributed by atoms with Crippen LogP contribution in [-0.2, 0) is 0 Å². The van der Waals surface area contributed by atoms with Gasteiger partial charge in [-0.15, -0.1) is 0 Å². The maximum atomic E-state index is 6.90. The molecular weight excluding hydrogens is 845 g/mol. The molecule has 0 saturated heterocycles. The van der Waals surface area contributed by atoms with Gasteiger partial charge in [-0.05, 0) is 88.0 Å².